The fraction of sp³-hybridized carbons (Fsp3) is 0.0909. The van der Waals surface area contributed by atoms with Gasteiger partial charge in [-0.1, -0.05) is 37.9 Å². The highest BCUT2D eigenvalue weighted by atomic mass is 79.9. The Bertz CT molecular complexity index is 510. The van der Waals surface area contributed by atoms with E-state index in [9.17, 15) is 5.11 Å². The lowest BCUT2D eigenvalue weighted by atomic mass is 10.1. The minimum atomic E-state index is -0.600. The highest BCUT2D eigenvalue weighted by Gasteiger charge is 2.17. The molecule has 0 saturated heterocycles. The van der Waals surface area contributed by atoms with Crippen molar-refractivity contribution in [2.75, 3.05) is 0 Å². The van der Waals surface area contributed by atoms with Crippen LogP contribution in [-0.4, -0.2) is 5.11 Å². The normalized spacial score (nSPS) is 12.8. The highest BCUT2D eigenvalue weighted by molar-refractivity contribution is 9.11. The van der Waals surface area contributed by atoms with Crippen LogP contribution in [0.5, 0.6) is 0 Å². The van der Waals surface area contributed by atoms with E-state index in [2.05, 4.69) is 47.8 Å². The van der Waals surface area contributed by atoms with Crippen LogP contribution < -0.4 is 0 Å². The SMILES string of the molecule is OC(c1ccc(Br)cc1Br)c1sccc1Br. The zero-order valence-electron chi connectivity index (χ0n) is 7.95. The van der Waals surface area contributed by atoms with Crippen LogP contribution in [0.4, 0.5) is 0 Å². The number of halogens is 3. The van der Waals surface area contributed by atoms with E-state index in [0.29, 0.717) is 0 Å². The van der Waals surface area contributed by atoms with Crippen molar-refractivity contribution in [1.29, 1.82) is 0 Å². The maximum absolute atomic E-state index is 10.3. The van der Waals surface area contributed by atoms with Gasteiger partial charge in [-0.25, -0.2) is 0 Å². The van der Waals surface area contributed by atoms with Crippen molar-refractivity contribution in [2.45, 2.75) is 6.10 Å². The molecule has 84 valence electrons. The minimum absolute atomic E-state index is 0.600. The van der Waals surface area contributed by atoms with E-state index in [1.54, 1.807) is 0 Å². The number of hydrogen-bond acceptors (Lipinski definition) is 2. The summed E-state index contributed by atoms with van der Waals surface area (Å²) in [4.78, 5) is 0.919. The number of benzene rings is 1. The third-order valence-electron chi connectivity index (χ3n) is 2.15. The van der Waals surface area contributed by atoms with Gasteiger partial charge in [0.25, 0.3) is 0 Å². The molecule has 0 bridgehead atoms. The molecule has 2 rings (SSSR count). The van der Waals surface area contributed by atoms with Gasteiger partial charge in [-0.05, 0) is 39.5 Å². The molecule has 16 heavy (non-hydrogen) atoms. The van der Waals surface area contributed by atoms with Gasteiger partial charge in [0.15, 0.2) is 0 Å². The van der Waals surface area contributed by atoms with Gasteiger partial charge in [-0.15, -0.1) is 11.3 Å². The Morgan fingerprint density at radius 2 is 1.81 bits per heavy atom. The Morgan fingerprint density at radius 1 is 1.06 bits per heavy atom. The monoisotopic (exact) mass is 424 g/mol. The fourth-order valence-electron chi connectivity index (χ4n) is 1.37. The molecule has 0 aliphatic carbocycles. The molecule has 0 aliphatic rings. The molecule has 0 fully saturated rings. The van der Waals surface area contributed by atoms with Crippen LogP contribution in [0.2, 0.25) is 0 Å². The van der Waals surface area contributed by atoms with Gasteiger partial charge in [-0.3, -0.25) is 0 Å². The van der Waals surface area contributed by atoms with E-state index >= 15 is 0 Å². The first-order valence-electron chi connectivity index (χ1n) is 4.45. The van der Waals surface area contributed by atoms with Gasteiger partial charge in [0.05, 0.1) is 4.88 Å². The number of rotatable bonds is 2. The van der Waals surface area contributed by atoms with Crippen molar-refractivity contribution in [3.05, 3.63) is 53.5 Å². The van der Waals surface area contributed by atoms with Gasteiger partial charge in [-0.2, -0.15) is 0 Å². The quantitative estimate of drug-likeness (QED) is 0.706. The standard InChI is InChI=1S/C11H7Br3OS/c12-6-1-2-7(9(14)5-6)10(15)11-8(13)3-4-16-11/h1-5,10,15H. The molecule has 0 spiro atoms. The molecule has 0 amide bonds. The number of thiophene rings is 1. The van der Waals surface area contributed by atoms with Crippen LogP contribution in [0.25, 0.3) is 0 Å². The van der Waals surface area contributed by atoms with Crippen LogP contribution in [0, 0.1) is 0 Å². The summed E-state index contributed by atoms with van der Waals surface area (Å²) < 4.78 is 2.83. The van der Waals surface area contributed by atoms with Crippen LogP contribution in [0.3, 0.4) is 0 Å². The Balaban J connectivity index is 2.41. The zero-order valence-corrected chi connectivity index (χ0v) is 13.5. The largest absolute Gasteiger partial charge is 0.383 e. The fourth-order valence-corrected chi connectivity index (χ4v) is 4.22. The Morgan fingerprint density at radius 3 is 2.38 bits per heavy atom. The van der Waals surface area contributed by atoms with Gasteiger partial charge in [0, 0.05) is 19.0 Å². The van der Waals surface area contributed by atoms with E-state index in [1.807, 2.05) is 29.6 Å². The second-order valence-electron chi connectivity index (χ2n) is 3.20. The zero-order chi connectivity index (χ0) is 11.7. The lowest BCUT2D eigenvalue weighted by Crippen LogP contribution is -1.98. The summed E-state index contributed by atoms with van der Waals surface area (Å²) in [5, 5.41) is 12.2. The maximum Gasteiger partial charge on any atom is 0.115 e. The second-order valence-corrected chi connectivity index (χ2v) is 6.77. The Kier molecular flexibility index (Phi) is 4.24. The second kappa shape index (κ2) is 5.31. The van der Waals surface area contributed by atoms with E-state index in [4.69, 9.17) is 0 Å². The molecule has 1 aromatic heterocycles. The number of hydrogen-bond donors (Lipinski definition) is 1. The molecular formula is C11H7Br3OS. The summed E-state index contributed by atoms with van der Waals surface area (Å²) in [6.07, 6.45) is -0.600. The maximum atomic E-state index is 10.3. The molecule has 2 aromatic rings. The summed E-state index contributed by atoms with van der Waals surface area (Å²) in [5.74, 6) is 0. The summed E-state index contributed by atoms with van der Waals surface area (Å²) in [7, 11) is 0. The average Bonchev–Trinajstić information content (AvgIpc) is 2.63. The summed E-state index contributed by atoms with van der Waals surface area (Å²) in [6, 6.07) is 7.70. The van der Waals surface area contributed by atoms with Crippen LogP contribution in [0.1, 0.15) is 16.5 Å². The van der Waals surface area contributed by atoms with Crippen molar-refractivity contribution in [3.63, 3.8) is 0 Å². The first-order chi connectivity index (χ1) is 7.59. The first kappa shape index (κ1) is 12.8. The predicted molar refractivity (Wildman–Crippen MR) is 77.9 cm³/mol. The topological polar surface area (TPSA) is 20.2 Å². The lowest BCUT2D eigenvalue weighted by molar-refractivity contribution is 0.222. The average molecular weight is 427 g/mol. The van der Waals surface area contributed by atoms with Gasteiger partial charge in [0.2, 0.25) is 0 Å². The summed E-state index contributed by atoms with van der Waals surface area (Å²) in [5.41, 5.74) is 0.867. The Labute approximate surface area is 123 Å². The first-order valence-corrected chi connectivity index (χ1v) is 7.71. The molecule has 1 N–H and O–H groups in total. The molecule has 1 aromatic carbocycles. The number of aliphatic hydroxyl groups is 1. The van der Waals surface area contributed by atoms with E-state index < -0.39 is 6.10 Å². The van der Waals surface area contributed by atoms with E-state index in [0.717, 1.165) is 23.9 Å². The summed E-state index contributed by atoms with van der Waals surface area (Å²) in [6.45, 7) is 0. The molecule has 1 heterocycles. The third-order valence-corrected chi connectivity index (χ3v) is 5.25. The van der Waals surface area contributed by atoms with Crippen molar-refractivity contribution < 1.29 is 5.11 Å². The minimum Gasteiger partial charge on any atom is -0.383 e. The van der Waals surface area contributed by atoms with E-state index in [1.165, 1.54) is 11.3 Å². The smallest absolute Gasteiger partial charge is 0.115 e. The molecule has 1 nitrogen and oxygen atoms in total. The highest BCUT2D eigenvalue weighted by Crippen LogP contribution is 2.36. The van der Waals surface area contributed by atoms with Gasteiger partial charge in [0.1, 0.15) is 6.10 Å². The van der Waals surface area contributed by atoms with Gasteiger partial charge >= 0.3 is 0 Å². The lowest BCUT2D eigenvalue weighted by Gasteiger charge is -2.12. The molecular weight excluding hydrogens is 420 g/mol. The Hall–Kier alpha value is 0.320. The molecule has 0 radical (unpaired) electrons. The molecule has 1 atom stereocenters. The van der Waals surface area contributed by atoms with Gasteiger partial charge < -0.3 is 5.11 Å². The van der Waals surface area contributed by atoms with Crippen molar-refractivity contribution >= 4 is 59.1 Å². The third kappa shape index (κ3) is 2.59. The van der Waals surface area contributed by atoms with Crippen LogP contribution in [-0.2, 0) is 0 Å². The van der Waals surface area contributed by atoms with Crippen LogP contribution in [0.15, 0.2) is 43.1 Å². The molecule has 1 unspecified atom stereocenters. The molecule has 0 saturated carbocycles. The van der Waals surface area contributed by atoms with Crippen molar-refractivity contribution in [3.8, 4) is 0 Å². The number of aliphatic hydroxyl groups excluding tert-OH is 1. The van der Waals surface area contributed by atoms with Crippen LogP contribution >= 0.6 is 59.1 Å². The predicted octanol–water partition coefficient (Wildman–Crippen LogP) is 5.12. The van der Waals surface area contributed by atoms with E-state index in [-0.39, 0.29) is 0 Å². The van der Waals surface area contributed by atoms with Crippen molar-refractivity contribution in [2.24, 2.45) is 0 Å². The van der Waals surface area contributed by atoms with Crippen molar-refractivity contribution in [1.82, 2.24) is 0 Å². The summed E-state index contributed by atoms with van der Waals surface area (Å²) >= 11 is 11.8. The molecule has 0 aliphatic heterocycles. The molecule has 5 heteroatoms.